The number of hydrogen-bond donors (Lipinski definition) is 0. The van der Waals surface area contributed by atoms with Crippen LogP contribution in [0.5, 0.6) is 0 Å². The average Bonchev–Trinajstić information content (AvgIpc) is 3.55. The van der Waals surface area contributed by atoms with Crippen molar-refractivity contribution in [1.82, 2.24) is 0 Å². The first-order valence-corrected chi connectivity index (χ1v) is 16.7. The van der Waals surface area contributed by atoms with Crippen LogP contribution in [-0.2, 0) is 6.42 Å². The van der Waals surface area contributed by atoms with Gasteiger partial charge in [-0.25, -0.2) is 0 Å². The van der Waals surface area contributed by atoms with Crippen molar-refractivity contribution in [3.8, 4) is 33.4 Å². The van der Waals surface area contributed by atoms with Crippen molar-refractivity contribution < 1.29 is 4.42 Å². The van der Waals surface area contributed by atoms with Crippen LogP contribution in [0.2, 0.25) is 0 Å². The molecule has 1 heterocycles. The lowest BCUT2D eigenvalue weighted by Gasteiger charge is -2.27. The summed E-state index contributed by atoms with van der Waals surface area (Å²) in [5.41, 5.74) is 15.0. The van der Waals surface area contributed by atoms with Crippen molar-refractivity contribution in [3.63, 3.8) is 0 Å². The van der Waals surface area contributed by atoms with Gasteiger partial charge in [0.25, 0.3) is 0 Å². The summed E-state index contributed by atoms with van der Waals surface area (Å²) < 4.78 is 6.38. The number of anilines is 3. The van der Waals surface area contributed by atoms with Gasteiger partial charge in [-0.2, -0.15) is 0 Å². The van der Waals surface area contributed by atoms with Crippen LogP contribution < -0.4 is 4.90 Å². The van der Waals surface area contributed by atoms with E-state index in [1.807, 2.05) is 12.1 Å². The van der Waals surface area contributed by atoms with E-state index in [1.54, 1.807) is 0 Å². The van der Waals surface area contributed by atoms with E-state index in [9.17, 15) is 0 Å². The van der Waals surface area contributed by atoms with Gasteiger partial charge in [0.05, 0.1) is 0 Å². The molecule has 0 N–H and O–H groups in total. The molecule has 1 aromatic heterocycles. The van der Waals surface area contributed by atoms with Gasteiger partial charge in [-0.3, -0.25) is 0 Å². The van der Waals surface area contributed by atoms with Crippen LogP contribution in [0, 0.1) is 0 Å². The normalized spacial score (nSPS) is 12.3. The summed E-state index contributed by atoms with van der Waals surface area (Å²) >= 11 is 0. The maximum atomic E-state index is 6.38. The summed E-state index contributed by atoms with van der Waals surface area (Å²) in [6, 6.07) is 58.7. The Hall–Kier alpha value is -6.12. The molecule has 2 nitrogen and oxygen atoms in total. The molecule has 7 aromatic carbocycles. The highest BCUT2D eigenvalue weighted by molar-refractivity contribution is 6.09. The third-order valence-electron chi connectivity index (χ3n) is 9.55. The summed E-state index contributed by atoms with van der Waals surface area (Å²) in [5.74, 6) is 0. The monoisotopic (exact) mass is 615 g/mol. The van der Waals surface area contributed by atoms with Crippen LogP contribution in [0.3, 0.4) is 0 Å². The molecule has 48 heavy (non-hydrogen) atoms. The molecule has 0 saturated heterocycles. The summed E-state index contributed by atoms with van der Waals surface area (Å²) in [6.45, 7) is 0. The molecule has 9 rings (SSSR count). The van der Waals surface area contributed by atoms with Crippen molar-refractivity contribution in [2.45, 2.75) is 12.8 Å². The summed E-state index contributed by atoms with van der Waals surface area (Å²) in [4.78, 5) is 2.36. The Labute approximate surface area is 280 Å². The molecule has 0 atom stereocenters. The first-order valence-electron chi connectivity index (χ1n) is 16.7. The minimum atomic E-state index is 0.914. The van der Waals surface area contributed by atoms with E-state index in [-0.39, 0.29) is 0 Å². The van der Waals surface area contributed by atoms with Crippen LogP contribution in [0.25, 0.3) is 61.4 Å². The highest BCUT2D eigenvalue weighted by Gasteiger charge is 2.17. The topological polar surface area (TPSA) is 16.4 Å². The van der Waals surface area contributed by atoms with Gasteiger partial charge in [0.1, 0.15) is 11.2 Å². The Morgan fingerprint density at radius 1 is 0.458 bits per heavy atom. The number of allylic oxidation sites excluding steroid dienone is 1. The molecule has 0 bridgehead atoms. The van der Waals surface area contributed by atoms with Crippen molar-refractivity contribution in [3.05, 3.63) is 181 Å². The van der Waals surface area contributed by atoms with Crippen molar-refractivity contribution in [1.29, 1.82) is 0 Å². The number of hydrogen-bond acceptors (Lipinski definition) is 2. The number of para-hydroxylation sites is 2. The number of fused-ring (bicyclic) bond motifs is 4. The summed E-state index contributed by atoms with van der Waals surface area (Å²) in [7, 11) is 0. The maximum absolute atomic E-state index is 6.38. The van der Waals surface area contributed by atoms with Crippen molar-refractivity contribution >= 4 is 45.1 Å². The zero-order chi connectivity index (χ0) is 31.9. The third kappa shape index (κ3) is 4.99. The van der Waals surface area contributed by atoms with E-state index in [0.29, 0.717) is 0 Å². The van der Waals surface area contributed by atoms with Gasteiger partial charge < -0.3 is 9.32 Å². The number of nitrogens with zero attached hydrogens (tertiary/aromatic N) is 1. The third-order valence-corrected chi connectivity index (χ3v) is 9.55. The zero-order valence-electron chi connectivity index (χ0n) is 26.5. The first-order chi connectivity index (χ1) is 23.8. The highest BCUT2D eigenvalue weighted by Crippen LogP contribution is 2.41. The Morgan fingerprint density at radius 3 is 1.94 bits per heavy atom. The Balaban J connectivity index is 1.15. The minimum Gasteiger partial charge on any atom is -0.455 e. The molecule has 0 saturated carbocycles. The molecule has 1 aliphatic carbocycles. The second kappa shape index (κ2) is 11.9. The number of rotatable bonds is 6. The van der Waals surface area contributed by atoms with Gasteiger partial charge in [0.15, 0.2) is 0 Å². The summed E-state index contributed by atoms with van der Waals surface area (Å²) in [6.07, 6.45) is 6.78. The fourth-order valence-electron chi connectivity index (χ4n) is 7.18. The lowest BCUT2D eigenvalue weighted by Crippen LogP contribution is -2.10. The molecule has 0 aliphatic heterocycles. The van der Waals surface area contributed by atoms with Crippen LogP contribution in [-0.4, -0.2) is 0 Å². The second-order valence-corrected chi connectivity index (χ2v) is 12.4. The molecule has 0 spiro atoms. The van der Waals surface area contributed by atoms with Crippen molar-refractivity contribution in [2.75, 3.05) is 4.90 Å². The lowest BCUT2D eigenvalue weighted by molar-refractivity contribution is 0.670. The van der Waals surface area contributed by atoms with Crippen LogP contribution in [0.15, 0.2) is 174 Å². The maximum Gasteiger partial charge on any atom is 0.143 e. The molecule has 228 valence electrons. The fraction of sp³-hybridized carbons (Fsp3) is 0.0435. The minimum absolute atomic E-state index is 0.914. The van der Waals surface area contributed by atoms with E-state index in [2.05, 4.69) is 169 Å². The van der Waals surface area contributed by atoms with Crippen LogP contribution in [0.4, 0.5) is 17.1 Å². The van der Waals surface area contributed by atoms with Crippen LogP contribution in [0.1, 0.15) is 17.5 Å². The molecule has 2 heteroatoms. The molecule has 0 unspecified atom stereocenters. The largest absolute Gasteiger partial charge is 0.455 e. The van der Waals surface area contributed by atoms with E-state index in [0.717, 1.165) is 63.0 Å². The van der Waals surface area contributed by atoms with Gasteiger partial charge in [0, 0.05) is 33.4 Å². The fourth-order valence-corrected chi connectivity index (χ4v) is 7.18. The zero-order valence-corrected chi connectivity index (χ0v) is 26.5. The number of benzene rings is 7. The number of furan rings is 1. The van der Waals surface area contributed by atoms with E-state index in [1.165, 1.54) is 33.4 Å². The predicted molar refractivity (Wildman–Crippen MR) is 202 cm³/mol. The van der Waals surface area contributed by atoms with E-state index in [4.69, 9.17) is 4.42 Å². The standard InChI is InChI=1S/C46H33NO/c1-2-11-32(12-3-1)33-23-27-37(28-24-33)47(39-16-8-15-36(31-39)41-19-9-14-34-13-4-5-17-40(34)41)38-29-25-35(26-30-38)42-20-10-21-44-43-18-6-7-22-45(43)48-46(42)44/h1-3,5-12,14-31H,4,13H2. The molecular weight excluding hydrogens is 583 g/mol. The van der Waals surface area contributed by atoms with E-state index >= 15 is 0 Å². The Morgan fingerprint density at radius 2 is 1.10 bits per heavy atom. The smallest absolute Gasteiger partial charge is 0.143 e. The Bertz CT molecular complexity index is 2430. The first kappa shape index (κ1) is 28.1. The van der Waals surface area contributed by atoms with E-state index < -0.39 is 0 Å². The second-order valence-electron chi connectivity index (χ2n) is 12.4. The Kier molecular flexibility index (Phi) is 6.98. The molecular formula is C46H33NO. The van der Waals surface area contributed by atoms with Gasteiger partial charge in [-0.05, 0) is 94.3 Å². The van der Waals surface area contributed by atoms with Crippen LogP contribution >= 0.6 is 0 Å². The van der Waals surface area contributed by atoms with Gasteiger partial charge >= 0.3 is 0 Å². The van der Waals surface area contributed by atoms with Gasteiger partial charge in [0.2, 0.25) is 0 Å². The lowest BCUT2D eigenvalue weighted by atomic mass is 9.90. The quantitative estimate of drug-likeness (QED) is 0.185. The predicted octanol–water partition coefficient (Wildman–Crippen LogP) is 13.0. The molecule has 1 aliphatic rings. The highest BCUT2D eigenvalue weighted by atomic mass is 16.3. The van der Waals surface area contributed by atoms with Gasteiger partial charge in [-0.1, -0.05) is 133 Å². The molecule has 8 aromatic rings. The number of aryl methyl sites for hydroxylation is 1. The van der Waals surface area contributed by atoms with Crippen molar-refractivity contribution in [2.24, 2.45) is 0 Å². The molecule has 0 radical (unpaired) electrons. The summed E-state index contributed by atoms with van der Waals surface area (Å²) in [5, 5.41) is 2.29. The van der Waals surface area contributed by atoms with Gasteiger partial charge in [-0.15, -0.1) is 0 Å². The SMILES string of the molecule is C1=Cc2c(cccc2-c2cccc(N(c3ccc(-c4ccccc4)cc3)c3ccc(-c4cccc5c4oc4ccccc45)cc3)c2)CC1. The molecule has 0 fully saturated rings. The molecule has 0 amide bonds. The average molecular weight is 616 g/mol.